The van der Waals surface area contributed by atoms with E-state index in [-0.39, 0.29) is 5.56 Å². The van der Waals surface area contributed by atoms with Crippen molar-refractivity contribution in [3.63, 3.8) is 0 Å². The summed E-state index contributed by atoms with van der Waals surface area (Å²) in [4.78, 5) is 0. The minimum atomic E-state index is -0.452. The van der Waals surface area contributed by atoms with Crippen molar-refractivity contribution >= 4 is 17.3 Å². The molecule has 0 aliphatic heterocycles. The molecule has 0 aromatic heterocycles. The number of hydrogen-bond acceptors (Lipinski definition) is 3. The molecule has 0 atom stereocenters. The Morgan fingerprint density at radius 3 is 2.45 bits per heavy atom. The third kappa shape index (κ3) is 3.26. The number of nitrogens with one attached hydrogen (secondary N) is 1. The molecule has 0 heterocycles. The van der Waals surface area contributed by atoms with Crippen molar-refractivity contribution in [2.24, 2.45) is 0 Å². The molecule has 2 rings (SSSR count). The predicted octanol–water partition coefficient (Wildman–Crippen LogP) is 3.83. The standard InChI is InChI=1S/C15H9ClFN3/c16-14-6-10(7-18)1-2-15(14)20-9-12-3-11(8-19)4-13(17)5-12/h1-6,20H,9H2. The number of hydrogen-bond donors (Lipinski definition) is 1. The lowest BCUT2D eigenvalue weighted by Gasteiger charge is -2.09. The summed E-state index contributed by atoms with van der Waals surface area (Å²) in [5.74, 6) is -0.452. The van der Waals surface area contributed by atoms with E-state index < -0.39 is 5.82 Å². The van der Waals surface area contributed by atoms with Crippen LogP contribution in [0.1, 0.15) is 16.7 Å². The van der Waals surface area contributed by atoms with Crippen LogP contribution < -0.4 is 5.32 Å². The molecule has 0 aliphatic carbocycles. The highest BCUT2D eigenvalue weighted by Crippen LogP contribution is 2.23. The van der Waals surface area contributed by atoms with Crippen LogP contribution in [0.25, 0.3) is 0 Å². The minimum Gasteiger partial charge on any atom is -0.380 e. The normalized spacial score (nSPS) is 9.60. The first-order valence-corrected chi connectivity index (χ1v) is 6.13. The molecule has 2 aromatic rings. The highest BCUT2D eigenvalue weighted by Gasteiger charge is 2.04. The molecule has 98 valence electrons. The molecule has 0 saturated carbocycles. The van der Waals surface area contributed by atoms with Gasteiger partial charge in [-0.25, -0.2) is 4.39 Å². The van der Waals surface area contributed by atoms with Crippen molar-refractivity contribution in [1.82, 2.24) is 0 Å². The van der Waals surface area contributed by atoms with Crippen molar-refractivity contribution in [3.05, 3.63) is 63.9 Å². The van der Waals surface area contributed by atoms with Gasteiger partial charge in [0.2, 0.25) is 0 Å². The molecule has 20 heavy (non-hydrogen) atoms. The first kappa shape index (κ1) is 13.9. The summed E-state index contributed by atoms with van der Waals surface area (Å²) in [5, 5.41) is 21.0. The van der Waals surface area contributed by atoms with E-state index in [1.54, 1.807) is 24.3 Å². The molecular formula is C15H9ClFN3. The molecule has 0 saturated heterocycles. The first-order valence-electron chi connectivity index (χ1n) is 5.75. The average molecular weight is 286 g/mol. The molecule has 0 fully saturated rings. The van der Waals surface area contributed by atoms with Crippen LogP contribution in [0.5, 0.6) is 0 Å². The Balaban J connectivity index is 2.15. The minimum absolute atomic E-state index is 0.271. The van der Waals surface area contributed by atoms with E-state index in [1.807, 2.05) is 12.1 Å². The van der Waals surface area contributed by atoms with Crippen LogP contribution >= 0.6 is 11.6 Å². The van der Waals surface area contributed by atoms with Gasteiger partial charge in [-0.2, -0.15) is 10.5 Å². The zero-order chi connectivity index (χ0) is 14.5. The van der Waals surface area contributed by atoms with Gasteiger partial charge in [-0.3, -0.25) is 0 Å². The van der Waals surface area contributed by atoms with Crippen molar-refractivity contribution in [1.29, 1.82) is 10.5 Å². The van der Waals surface area contributed by atoms with E-state index in [9.17, 15) is 4.39 Å². The van der Waals surface area contributed by atoms with Gasteiger partial charge >= 0.3 is 0 Å². The summed E-state index contributed by atoms with van der Waals surface area (Å²) >= 11 is 6.02. The second-order valence-electron chi connectivity index (χ2n) is 4.12. The maximum atomic E-state index is 13.3. The van der Waals surface area contributed by atoms with Crippen molar-refractivity contribution in [3.8, 4) is 12.1 Å². The summed E-state index contributed by atoms with van der Waals surface area (Å²) in [6.45, 7) is 0.331. The van der Waals surface area contributed by atoms with Crippen LogP contribution in [-0.4, -0.2) is 0 Å². The number of nitriles is 2. The molecule has 5 heteroatoms. The lowest BCUT2D eigenvalue weighted by molar-refractivity contribution is 0.625. The Morgan fingerprint density at radius 1 is 1.05 bits per heavy atom. The zero-order valence-corrected chi connectivity index (χ0v) is 11.1. The van der Waals surface area contributed by atoms with Gasteiger partial charge < -0.3 is 5.32 Å². The fourth-order valence-electron chi connectivity index (χ4n) is 1.74. The summed E-state index contributed by atoms with van der Waals surface area (Å²) in [6.07, 6.45) is 0. The number of halogens is 2. The second-order valence-corrected chi connectivity index (χ2v) is 4.53. The van der Waals surface area contributed by atoms with Gasteiger partial charge in [0.25, 0.3) is 0 Å². The van der Waals surface area contributed by atoms with E-state index in [0.29, 0.717) is 28.4 Å². The van der Waals surface area contributed by atoms with E-state index in [2.05, 4.69) is 5.32 Å². The molecule has 0 aliphatic rings. The molecule has 0 spiro atoms. The Morgan fingerprint density at radius 2 is 1.80 bits per heavy atom. The van der Waals surface area contributed by atoms with Crippen LogP contribution in [0, 0.1) is 28.5 Å². The molecule has 0 amide bonds. The Labute approximate surface area is 120 Å². The summed E-state index contributed by atoms with van der Waals surface area (Å²) in [7, 11) is 0. The number of nitrogens with zero attached hydrogens (tertiary/aromatic N) is 2. The Hall–Kier alpha value is -2.56. The van der Waals surface area contributed by atoms with E-state index in [0.717, 1.165) is 0 Å². The number of benzene rings is 2. The van der Waals surface area contributed by atoms with Gasteiger partial charge in [0, 0.05) is 6.54 Å². The zero-order valence-electron chi connectivity index (χ0n) is 10.3. The van der Waals surface area contributed by atoms with Crippen LogP contribution in [0.3, 0.4) is 0 Å². The van der Waals surface area contributed by atoms with Gasteiger partial charge in [0.1, 0.15) is 5.82 Å². The Bertz CT molecular complexity index is 729. The number of rotatable bonds is 3. The van der Waals surface area contributed by atoms with E-state index >= 15 is 0 Å². The molecular weight excluding hydrogens is 277 g/mol. The fraction of sp³-hybridized carbons (Fsp3) is 0.0667. The quantitative estimate of drug-likeness (QED) is 0.932. The van der Waals surface area contributed by atoms with Gasteiger partial charge in [-0.1, -0.05) is 11.6 Å². The van der Waals surface area contributed by atoms with E-state index in [1.165, 1.54) is 12.1 Å². The molecule has 2 aromatic carbocycles. The van der Waals surface area contributed by atoms with Gasteiger partial charge in [0.05, 0.1) is 34.0 Å². The molecule has 1 N–H and O–H groups in total. The first-order chi connectivity index (χ1) is 9.62. The molecule has 0 radical (unpaired) electrons. The summed E-state index contributed by atoms with van der Waals surface area (Å²) < 4.78 is 13.3. The molecule has 0 bridgehead atoms. The van der Waals surface area contributed by atoms with Crippen molar-refractivity contribution < 1.29 is 4.39 Å². The van der Waals surface area contributed by atoms with Gasteiger partial charge in [0.15, 0.2) is 0 Å². The predicted molar refractivity (Wildman–Crippen MR) is 74.6 cm³/mol. The van der Waals surface area contributed by atoms with Gasteiger partial charge in [-0.05, 0) is 42.0 Å². The highest BCUT2D eigenvalue weighted by molar-refractivity contribution is 6.33. The smallest absolute Gasteiger partial charge is 0.124 e. The number of anilines is 1. The topological polar surface area (TPSA) is 59.6 Å². The SMILES string of the molecule is N#Cc1cc(F)cc(CNc2ccc(C#N)cc2Cl)c1. The average Bonchev–Trinajstić information content (AvgIpc) is 2.45. The summed E-state index contributed by atoms with van der Waals surface area (Å²) in [5.41, 5.74) is 2.03. The maximum absolute atomic E-state index is 13.3. The van der Waals surface area contributed by atoms with Crippen molar-refractivity contribution in [2.75, 3.05) is 5.32 Å². The molecule has 3 nitrogen and oxygen atoms in total. The lowest BCUT2D eigenvalue weighted by Crippen LogP contribution is -2.01. The third-order valence-electron chi connectivity index (χ3n) is 2.67. The van der Waals surface area contributed by atoms with Gasteiger partial charge in [-0.15, -0.1) is 0 Å². The van der Waals surface area contributed by atoms with Crippen LogP contribution in [-0.2, 0) is 6.54 Å². The van der Waals surface area contributed by atoms with Crippen LogP contribution in [0.4, 0.5) is 10.1 Å². The highest BCUT2D eigenvalue weighted by atomic mass is 35.5. The largest absolute Gasteiger partial charge is 0.380 e. The van der Waals surface area contributed by atoms with Crippen molar-refractivity contribution in [2.45, 2.75) is 6.54 Å². The van der Waals surface area contributed by atoms with E-state index in [4.69, 9.17) is 22.1 Å². The lowest BCUT2D eigenvalue weighted by atomic mass is 10.1. The summed E-state index contributed by atoms with van der Waals surface area (Å²) in [6, 6.07) is 12.9. The maximum Gasteiger partial charge on any atom is 0.124 e. The monoisotopic (exact) mass is 285 g/mol. The van der Waals surface area contributed by atoms with Crippen LogP contribution in [0.15, 0.2) is 36.4 Å². The molecule has 0 unspecified atom stereocenters. The Kier molecular flexibility index (Phi) is 4.20. The second kappa shape index (κ2) is 6.06. The fourth-order valence-corrected chi connectivity index (χ4v) is 1.99. The van der Waals surface area contributed by atoms with Crippen LogP contribution in [0.2, 0.25) is 5.02 Å². The third-order valence-corrected chi connectivity index (χ3v) is 2.98.